The molecule has 0 saturated heterocycles. The summed E-state index contributed by atoms with van der Waals surface area (Å²) < 4.78 is 5.16. The molecule has 1 aromatic carbocycles. The third-order valence-corrected chi connectivity index (χ3v) is 5.10. The van der Waals surface area contributed by atoms with E-state index in [1.165, 1.54) is 29.7 Å². The van der Waals surface area contributed by atoms with Gasteiger partial charge in [-0.25, -0.2) is 0 Å². The van der Waals surface area contributed by atoms with E-state index in [1.807, 2.05) is 6.07 Å². The Balaban J connectivity index is 2.56. The number of methoxy groups -OCH3 is 1. The summed E-state index contributed by atoms with van der Waals surface area (Å²) in [6.07, 6.45) is 8.06. The predicted molar refractivity (Wildman–Crippen MR) is 96.2 cm³/mol. The molecule has 2 atom stereocenters. The summed E-state index contributed by atoms with van der Waals surface area (Å²) in [6.45, 7) is 4.29. The molecule has 0 saturated carbocycles. The highest BCUT2D eigenvalue weighted by atomic mass is 32.2. The number of hydrogen-bond donors (Lipinski definition) is 1. The Morgan fingerprint density at radius 1 is 1.23 bits per heavy atom. The number of aliphatic hydroxyl groups is 1. The lowest BCUT2D eigenvalue weighted by atomic mass is 10.0. The van der Waals surface area contributed by atoms with Gasteiger partial charge in [0.15, 0.2) is 0 Å². The van der Waals surface area contributed by atoms with Gasteiger partial charge in [-0.05, 0) is 37.5 Å². The van der Waals surface area contributed by atoms with Gasteiger partial charge in [0.1, 0.15) is 0 Å². The Morgan fingerprint density at radius 3 is 2.59 bits per heavy atom. The van der Waals surface area contributed by atoms with Gasteiger partial charge in [0.25, 0.3) is 0 Å². The van der Waals surface area contributed by atoms with Gasteiger partial charge in [-0.1, -0.05) is 50.8 Å². The molecule has 22 heavy (non-hydrogen) atoms. The lowest BCUT2D eigenvalue weighted by Gasteiger charge is -2.21. The highest BCUT2D eigenvalue weighted by Crippen LogP contribution is 2.31. The maximum Gasteiger partial charge on any atom is 0.0825 e. The first-order valence-electron chi connectivity index (χ1n) is 8.26. The molecule has 1 aromatic rings. The molecule has 0 aromatic heterocycles. The Hall–Kier alpha value is -0.930. The van der Waals surface area contributed by atoms with E-state index < -0.39 is 0 Å². The fourth-order valence-corrected chi connectivity index (χ4v) is 3.63. The fraction of sp³-hybridized carbons (Fsp3) is 0.579. The highest BCUT2D eigenvalue weighted by molar-refractivity contribution is 8.00. The number of thioether (sulfide) groups is 1. The third kappa shape index (κ3) is 7.90. The normalized spacial score (nSPS) is 14.6. The molecule has 2 nitrogen and oxygen atoms in total. The second-order valence-electron chi connectivity index (χ2n) is 5.76. The second kappa shape index (κ2) is 11.6. The van der Waals surface area contributed by atoms with Gasteiger partial charge in [0.2, 0.25) is 0 Å². The zero-order valence-corrected chi connectivity index (χ0v) is 14.9. The number of ether oxygens (including phenoxy) is 1. The molecule has 1 rings (SSSR count). The van der Waals surface area contributed by atoms with Gasteiger partial charge in [0, 0.05) is 10.1 Å². The van der Waals surface area contributed by atoms with Crippen LogP contribution in [0, 0.1) is 0 Å². The van der Waals surface area contributed by atoms with Crippen LogP contribution in [0.25, 0.3) is 0 Å². The first-order valence-corrected chi connectivity index (χ1v) is 9.14. The molecule has 1 N–H and O–H groups in total. The van der Waals surface area contributed by atoms with Crippen LogP contribution in [0.15, 0.2) is 47.1 Å². The molecule has 0 aliphatic carbocycles. The van der Waals surface area contributed by atoms with Gasteiger partial charge in [-0.15, -0.1) is 11.8 Å². The van der Waals surface area contributed by atoms with Crippen LogP contribution in [-0.4, -0.2) is 23.6 Å². The smallest absolute Gasteiger partial charge is 0.0825 e. The van der Waals surface area contributed by atoms with Gasteiger partial charge in [-0.3, -0.25) is 0 Å². The maximum atomic E-state index is 10.3. The van der Waals surface area contributed by atoms with Gasteiger partial charge >= 0.3 is 0 Å². The first kappa shape index (κ1) is 19.1. The van der Waals surface area contributed by atoms with Crippen molar-refractivity contribution in [3.63, 3.8) is 0 Å². The van der Waals surface area contributed by atoms with E-state index in [2.05, 4.69) is 38.1 Å². The van der Waals surface area contributed by atoms with Crippen molar-refractivity contribution < 1.29 is 9.84 Å². The molecular weight excluding hydrogens is 292 g/mol. The topological polar surface area (TPSA) is 29.5 Å². The quantitative estimate of drug-likeness (QED) is 0.335. The van der Waals surface area contributed by atoms with Crippen LogP contribution in [0.1, 0.15) is 52.4 Å². The van der Waals surface area contributed by atoms with Crippen LogP contribution in [0.2, 0.25) is 0 Å². The largest absolute Gasteiger partial charge is 0.504 e. The lowest BCUT2D eigenvalue weighted by Crippen LogP contribution is -2.16. The molecule has 3 heteroatoms. The Kier molecular flexibility index (Phi) is 10.1. The minimum atomic E-state index is -0.238. The van der Waals surface area contributed by atoms with Gasteiger partial charge in [-0.2, -0.15) is 0 Å². The third-order valence-electron chi connectivity index (χ3n) is 3.71. The average Bonchev–Trinajstić information content (AvgIpc) is 2.52. The molecule has 0 aliphatic rings. The fourth-order valence-electron chi connectivity index (χ4n) is 2.42. The first-order chi connectivity index (χ1) is 10.7. The Bertz CT molecular complexity index is 417. The van der Waals surface area contributed by atoms with Crippen molar-refractivity contribution in [2.24, 2.45) is 0 Å². The zero-order valence-electron chi connectivity index (χ0n) is 14.1. The van der Waals surface area contributed by atoms with Crippen molar-refractivity contribution in [2.75, 3.05) is 7.11 Å². The van der Waals surface area contributed by atoms with Crippen LogP contribution in [0.3, 0.4) is 0 Å². The summed E-state index contributed by atoms with van der Waals surface area (Å²) in [5, 5.41) is 10.6. The molecule has 0 aliphatic heterocycles. The molecule has 0 spiro atoms. The number of benzene rings is 1. The number of aliphatic hydroxyl groups excluding tert-OH is 1. The molecule has 0 fully saturated rings. The lowest BCUT2D eigenvalue weighted by molar-refractivity contribution is 0.152. The summed E-state index contributed by atoms with van der Waals surface area (Å²) in [4.78, 5) is 1.23. The molecule has 0 bridgehead atoms. The van der Waals surface area contributed by atoms with Crippen LogP contribution >= 0.6 is 11.8 Å². The average molecular weight is 323 g/mol. The molecule has 0 amide bonds. The second-order valence-corrected chi connectivity index (χ2v) is 7.03. The van der Waals surface area contributed by atoms with E-state index in [4.69, 9.17) is 4.74 Å². The van der Waals surface area contributed by atoms with Crippen LogP contribution in [0.5, 0.6) is 0 Å². The van der Waals surface area contributed by atoms with Crippen molar-refractivity contribution in [3.05, 3.63) is 42.2 Å². The summed E-state index contributed by atoms with van der Waals surface area (Å²) in [5.41, 5.74) is 1.17. The van der Waals surface area contributed by atoms with E-state index in [0.717, 1.165) is 19.3 Å². The van der Waals surface area contributed by atoms with Crippen molar-refractivity contribution in [3.8, 4) is 0 Å². The summed E-state index contributed by atoms with van der Waals surface area (Å²) in [6, 6.07) is 10.4. The monoisotopic (exact) mass is 322 g/mol. The maximum absolute atomic E-state index is 10.3. The van der Waals surface area contributed by atoms with E-state index >= 15 is 0 Å². The highest BCUT2D eigenvalue weighted by Gasteiger charge is 2.18. The SMILES string of the molecule is CCCCCCC(O)CC(Sc1ccccc1)C(C)=COC. The van der Waals surface area contributed by atoms with Crippen LogP contribution < -0.4 is 0 Å². The Labute approximate surface area is 140 Å². The minimum Gasteiger partial charge on any atom is -0.504 e. The summed E-state index contributed by atoms with van der Waals surface area (Å²) in [5.74, 6) is 0. The number of rotatable bonds is 11. The van der Waals surface area contributed by atoms with Crippen molar-refractivity contribution in [1.29, 1.82) is 0 Å². The van der Waals surface area contributed by atoms with Crippen LogP contribution in [-0.2, 0) is 4.74 Å². The van der Waals surface area contributed by atoms with Gasteiger partial charge < -0.3 is 9.84 Å². The van der Waals surface area contributed by atoms with Crippen molar-refractivity contribution >= 4 is 11.8 Å². The van der Waals surface area contributed by atoms with E-state index in [0.29, 0.717) is 0 Å². The minimum absolute atomic E-state index is 0.238. The summed E-state index contributed by atoms with van der Waals surface area (Å²) in [7, 11) is 1.68. The molecule has 0 radical (unpaired) electrons. The van der Waals surface area contributed by atoms with E-state index in [-0.39, 0.29) is 11.4 Å². The van der Waals surface area contributed by atoms with Crippen LogP contribution in [0.4, 0.5) is 0 Å². The molecule has 2 unspecified atom stereocenters. The zero-order chi connectivity index (χ0) is 16.2. The van der Waals surface area contributed by atoms with E-state index in [1.54, 1.807) is 25.1 Å². The summed E-state index contributed by atoms with van der Waals surface area (Å²) >= 11 is 1.80. The van der Waals surface area contributed by atoms with Gasteiger partial charge in [0.05, 0.1) is 19.5 Å². The van der Waals surface area contributed by atoms with Crippen molar-refractivity contribution in [2.45, 2.75) is 68.6 Å². The predicted octanol–water partition coefficient (Wildman–Crippen LogP) is 5.42. The molecule has 124 valence electrons. The standard InChI is InChI=1S/C19H30O2S/c1-4-5-6-8-11-17(20)14-19(16(2)15-21-3)22-18-12-9-7-10-13-18/h7,9-10,12-13,15,17,19-20H,4-6,8,11,14H2,1-3H3. The van der Waals surface area contributed by atoms with Crippen molar-refractivity contribution in [1.82, 2.24) is 0 Å². The molecular formula is C19H30O2S. The molecule has 0 heterocycles. The number of unbranched alkanes of at least 4 members (excludes halogenated alkanes) is 3. The number of hydrogen-bond acceptors (Lipinski definition) is 3. The van der Waals surface area contributed by atoms with E-state index in [9.17, 15) is 5.11 Å². The Morgan fingerprint density at radius 2 is 1.95 bits per heavy atom.